The van der Waals surface area contributed by atoms with Crippen LogP contribution in [0.1, 0.15) is 30.0 Å². The van der Waals surface area contributed by atoms with E-state index in [2.05, 4.69) is 48.5 Å². The highest BCUT2D eigenvalue weighted by Crippen LogP contribution is 2.27. The van der Waals surface area contributed by atoms with Crippen LogP contribution in [0.4, 0.5) is 0 Å². The normalized spacial score (nSPS) is 17.8. The molecule has 16 heavy (non-hydrogen) atoms. The van der Waals surface area contributed by atoms with Crippen LogP contribution in [0.3, 0.4) is 0 Å². The number of benzene rings is 1. The van der Waals surface area contributed by atoms with Crippen molar-refractivity contribution in [2.24, 2.45) is 0 Å². The van der Waals surface area contributed by atoms with Gasteiger partial charge in [-0.15, -0.1) is 0 Å². The Labute approximate surface area is 98.7 Å². The molecule has 1 unspecified atom stereocenters. The van der Waals surface area contributed by atoms with Crippen LogP contribution >= 0.6 is 0 Å². The topological polar surface area (TPSA) is 15.3 Å². The predicted molar refractivity (Wildman–Crippen MR) is 68.6 cm³/mol. The highest BCUT2D eigenvalue weighted by atomic mass is 15.2. The lowest BCUT2D eigenvalue weighted by Crippen LogP contribution is -2.32. The van der Waals surface area contributed by atoms with E-state index in [4.69, 9.17) is 0 Å². The standard InChI is InChI=1S/C14H22N2/c1-11-4-6-12(7-5-11)14(15-2)10-16(3)13-8-9-13/h4-7,13-15H,8-10H2,1-3H3. The monoisotopic (exact) mass is 218 g/mol. The molecule has 0 amide bonds. The largest absolute Gasteiger partial charge is 0.312 e. The van der Waals surface area contributed by atoms with E-state index in [9.17, 15) is 0 Å². The van der Waals surface area contributed by atoms with Crippen molar-refractivity contribution >= 4 is 0 Å². The number of aryl methyl sites for hydroxylation is 1. The summed E-state index contributed by atoms with van der Waals surface area (Å²) < 4.78 is 0. The first-order valence-electron chi connectivity index (χ1n) is 6.15. The van der Waals surface area contributed by atoms with E-state index < -0.39 is 0 Å². The molecule has 1 saturated carbocycles. The molecule has 0 bridgehead atoms. The van der Waals surface area contributed by atoms with Crippen molar-refractivity contribution in [2.75, 3.05) is 20.6 Å². The van der Waals surface area contributed by atoms with Crippen molar-refractivity contribution in [1.29, 1.82) is 0 Å². The average Bonchev–Trinajstić information content (AvgIpc) is 3.11. The maximum absolute atomic E-state index is 3.41. The summed E-state index contributed by atoms with van der Waals surface area (Å²) in [7, 11) is 4.28. The van der Waals surface area contributed by atoms with Gasteiger partial charge in [0.1, 0.15) is 0 Å². The van der Waals surface area contributed by atoms with Crippen molar-refractivity contribution in [3.8, 4) is 0 Å². The smallest absolute Gasteiger partial charge is 0.0446 e. The molecule has 0 radical (unpaired) electrons. The summed E-state index contributed by atoms with van der Waals surface area (Å²) in [5.41, 5.74) is 2.72. The summed E-state index contributed by atoms with van der Waals surface area (Å²) >= 11 is 0. The van der Waals surface area contributed by atoms with Crippen molar-refractivity contribution in [2.45, 2.75) is 31.8 Å². The summed E-state index contributed by atoms with van der Waals surface area (Å²) in [5, 5.41) is 3.41. The van der Waals surface area contributed by atoms with E-state index in [1.807, 2.05) is 7.05 Å². The molecular formula is C14H22N2. The van der Waals surface area contributed by atoms with Gasteiger partial charge in [0.05, 0.1) is 0 Å². The van der Waals surface area contributed by atoms with Gasteiger partial charge in [-0.25, -0.2) is 0 Å². The van der Waals surface area contributed by atoms with E-state index in [1.54, 1.807) is 0 Å². The molecule has 2 heteroatoms. The zero-order chi connectivity index (χ0) is 11.5. The van der Waals surface area contributed by atoms with Crippen LogP contribution in [0, 0.1) is 6.92 Å². The second-order valence-corrected chi connectivity index (χ2v) is 4.92. The minimum absolute atomic E-state index is 0.450. The molecule has 0 heterocycles. The Hall–Kier alpha value is -0.860. The molecule has 2 rings (SSSR count). The lowest BCUT2D eigenvalue weighted by Gasteiger charge is -2.24. The molecule has 1 aliphatic rings. The fourth-order valence-electron chi connectivity index (χ4n) is 2.11. The van der Waals surface area contributed by atoms with Gasteiger partial charge in [0, 0.05) is 18.6 Å². The molecule has 0 aliphatic heterocycles. The summed E-state index contributed by atoms with van der Waals surface area (Å²) in [6.07, 6.45) is 2.75. The van der Waals surface area contributed by atoms with Crippen molar-refractivity contribution in [3.63, 3.8) is 0 Å². The molecule has 1 N–H and O–H groups in total. The Morgan fingerprint density at radius 2 is 1.94 bits per heavy atom. The molecule has 1 aliphatic carbocycles. The van der Waals surface area contributed by atoms with Crippen LogP contribution in [-0.2, 0) is 0 Å². The second-order valence-electron chi connectivity index (χ2n) is 4.92. The maximum Gasteiger partial charge on any atom is 0.0446 e. The summed E-state index contributed by atoms with van der Waals surface area (Å²) in [6, 6.07) is 10.1. The van der Waals surface area contributed by atoms with Gasteiger partial charge in [0.15, 0.2) is 0 Å². The van der Waals surface area contributed by atoms with Gasteiger partial charge in [-0.2, -0.15) is 0 Å². The molecule has 1 atom stereocenters. The number of nitrogens with one attached hydrogen (secondary N) is 1. The Morgan fingerprint density at radius 3 is 2.44 bits per heavy atom. The third-order valence-corrected chi connectivity index (χ3v) is 3.47. The van der Waals surface area contributed by atoms with Gasteiger partial charge in [0.25, 0.3) is 0 Å². The Kier molecular flexibility index (Phi) is 3.62. The highest BCUT2D eigenvalue weighted by Gasteiger charge is 2.27. The van der Waals surface area contributed by atoms with Crippen molar-refractivity contribution in [3.05, 3.63) is 35.4 Å². The number of hydrogen-bond donors (Lipinski definition) is 1. The third kappa shape index (κ3) is 2.83. The SMILES string of the molecule is CNC(CN(C)C1CC1)c1ccc(C)cc1. The van der Waals surface area contributed by atoms with Gasteiger partial charge in [-0.05, 0) is 39.4 Å². The third-order valence-electron chi connectivity index (χ3n) is 3.47. The summed E-state index contributed by atoms with van der Waals surface area (Å²) in [4.78, 5) is 2.47. The van der Waals surface area contributed by atoms with Gasteiger partial charge >= 0.3 is 0 Å². The van der Waals surface area contributed by atoms with E-state index in [0.717, 1.165) is 12.6 Å². The Bertz CT molecular complexity index is 327. The number of rotatable bonds is 5. The van der Waals surface area contributed by atoms with Crippen molar-refractivity contribution in [1.82, 2.24) is 10.2 Å². The molecule has 1 fully saturated rings. The van der Waals surface area contributed by atoms with E-state index in [-0.39, 0.29) is 0 Å². The number of nitrogens with zero attached hydrogens (tertiary/aromatic N) is 1. The van der Waals surface area contributed by atoms with E-state index in [0.29, 0.717) is 6.04 Å². The second kappa shape index (κ2) is 4.98. The minimum atomic E-state index is 0.450. The van der Waals surface area contributed by atoms with Gasteiger partial charge in [-0.3, -0.25) is 0 Å². The first-order valence-corrected chi connectivity index (χ1v) is 6.15. The van der Waals surface area contributed by atoms with E-state index >= 15 is 0 Å². The average molecular weight is 218 g/mol. The molecular weight excluding hydrogens is 196 g/mol. The molecule has 0 spiro atoms. The molecule has 0 saturated heterocycles. The molecule has 88 valence electrons. The van der Waals surface area contributed by atoms with Crippen LogP contribution in [-0.4, -0.2) is 31.6 Å². The predicted octanol–water partition coefficient (Wildman–Crippen LogP) is 2.35. The summed E-state index contributed by atoms with van der Waals surface area (Å²) in [6.45, 7) is 3.23. The number of likely N-dealkylation sites (N-methyl/N-ethyl adjacent to an activating group) is 2. The fourth-order valence-corrected chi connectivity index (χ4v) is 2.11. The van der Waals surface area contributed by atoms with Crippen molar-refractivity contribution < 1.29 is 0 Å². The lowest BCUT2D eigenvalue weighted by molar-refractivity contribution is 0.287. The van der Waals surface area contributed by atoms with Gasteiger partial charge < -0.3 is 10.2 Å². The quantitative estimate of drug-likeness (QED) is 0.816. The molecule has 0 aromatic heterocycles. The molecule has 2 nitrogen and oxygen atoms in total. The van der Waals surface area contributed by atoms with E-state index in [1.165, 1.54) is 24.0 Å². The molecule has 1 aromatic carbocycles. The number of hydrogen-bond acceptors (Lipinski definition) is 2. The maximum atomic E-state index is 3.41. The van der Waals surface area contributed by atoms with Crippen LogP contribution in [0.5, 0.6) is 0 Å². The summed E-state index contributed by atoms with van der Waals surface area (Å²) in [5.74, 6) is 0. The van der Waals surface area contributed by atoms with Crippen LogP contribution in [0.25, 0.3) is 0 Å². The lowest BCUT2D eigenvalue weighted by atomic mass is 10.0. The first kappa shape index (κ1) is 11.6. The zero-order valence-corrected chi connectivity index (χ0v) is 10.5. The van der Waals surface area contributed by atoms with Crippen LogP contribution < -0.4 is 5.32 Å². The molecule has 1 aromatic rings. The van der Waals surface area contributed by atoms with Crippen LogP contribution in [0.2, 0.25) is 0 Å². The zero-order valence-electron chi connectivity index (χ0n) is 10.5. The fraction of sp³-hybridized carbons (Fsp3) is 0.571. The minimum Gasteiger partial charge on any atom is -0.312 e. The van der Waals surface area contributed by atoms with Crippen LogP contribution in [0.15, 0.2) is 24.3 Å². The Morgan fingerprint density at radius 1 is 1.31 bits per heavy atom. The first-order chi connectivity index (χ1) is 7.70. The van der Waals surface area contributed by atoms with Gasteiger partial charge in [-0.1, -0.05) is 29.8 Å². The highest BCUT2D eigenvalue weighted by molar-refractivity contribution is 5.24. The Balaban J connectivity index is 2.00. The van der Waals surface area contributed by atoms with Gasteiger partial charge in [0.2, 0.25) is 0 Å².